The van der Waals surface area contributed by atoms with Gasteiger partial charge in [0.25, 0.3) is 0 Å². The first-order chi connectivity index (χ1) is 12.5. The molecule has 0 saturated carbocycles. The molecule has 0 aromatic heterocycles. The van der Waals surface area contributed by atoms with Gasteiger partial charge in [0.05, 0.1) is 23.6 Å². The molecule has 0 spiro atoms. The van der Waals surface area contributed by atoms with Crippen LogP contribution in [0.2, 0.25) is 0 Å². The van der Waals surface area contributed by atoms with Crippen molar-refractivity contribution in [3.63, 3.8) is 0 Å². The fourth-order valence-electron chi connectivity index (χ4n) is 4.02. The van der Waals surface area contributed by atoms with Gasteiger partial charge >= 0.3 is 5.91 Å². The number of fused-ring (bicyclic) bond motifs is 1. The van der Waals surface area contributed by atoms with Gasteiger partial charge in [-0.3, -0.25) is 4.79 Å². The fraction of sp³-hybridized carbons (Fsp3) is 0.190. The molecule has 2 aliphatic heterocycles. The highest BCUT2D eigenvalue weighted by Gasteiger charge is 2.57. The van der Waals surface area contributed by atoms with Crippen LogP contribution in [0.25, 0.3) is 5.57 Å². The van der Waals surface area contributed by atoms with E-state index in [1.165, 1.54) is 0 Å². The van der Waals surface area contributed by atoms with Crippen LogP contribution in [0.1, 0.15) is 23.1 Å². The van der Waals surface area contributed by atoms with E-state index in [0.717, 1.165) is 5.56 Å². The molecule has 5 nitrogen and oxygen atoms in total. The SMILES string of the molecule is N#Cc1ccc(C[N@@+]23CC(=O)C[C@@H]2C([O-])=C(c2ccccc2)C3=O)cc1. The minimum Gasteiger partial charge on any atom is -0.871 e. The van der Waals surface area contributed by atoms with E-state index >= 15 is 0 Å². The summed E-state index contributed by atoms with van der Waals surface area (Å²) < 4.78 is -0.159. The molecule has 4 rings (SSSR count). The van der Waals surface area contributed by atoms with E-state index < -0.39 is 6.04 Å². The first-order valence-electron chi connectivity index (χ1n) is 8.44. The van der Waals surface area contributed by atoms with Gasteiger partial charge in [-0.2, -0.15) is 5.26 Å². The Hall–Kier alpha value is -3.23. The summed E-state index contributed by atoms with van der Waals surface area (Å²) in [5.41, 5.74) is 2.18. The number of quaternary nitrogens is 1. The van der Waals surface area contributed by atoms with E-state index in [2.05, 4.69) is 6.07 Å². The summed E-state index contributed by atoms with van der Waals surface area (Å²) in [5, 5.41) is 21.9. The number of carbonyl (C=O) groups excluding carboxylic acids is 2. The highest BCUT2D eigenvalue weighted by Crippen LogP contribution is 2.42. The summed E-state index contributed by atoms with van der Waals surface area (Å²) in [6, 6.07) is 17.3. The van der Waals surface area contributed by atoms with Gasteiger partial charge in [-0.05, 0) is 17.7 Å². The zero-order valence-electron chi connectivity index (χ0n) is 14.0. The smallest absolute Gasteiger partial charge is 0.346 e. The van der Waals surface area contributed by atoms with Crippen molar-refractivity contribution in [2.75, 3.05) is 6.54 Å². The van der Waals surface area contributed by atoms with Gasteiger partial charge in [-0.15, -0.1) is 0 Å². The van der Waals surface area contributed by atoms with Crippen molar-refractivity contribution in [1.29, 1.82) is 5.26 Å². The average molecular weight is 344 g/mol. The maximum atomic E-state index is 13.3. The third-order valence-corrected chi connectivity index (χ3v) is 5.25. The Morgan fingerprint density at radius 3 is 2.42 bits per heavy atom. The van der Waals surface area contributed by atoms with Crippen molar-refractivity contribution < 1.29 is 19.2 Å². The number of ketones is 1. The normalized spacial score (nSPS) is 24.7. The molecule has 1 fully saturated rings. The van der Waals surface area contributed by atoms with E-state index in [1.54, 1.807) is 48.5 Å². The first-order valence-corrected chi connectivity index (χ1v) is 8.44. The van der Waals surface area contributed by atoms with Crippen molar-refractivity contribution in [3.8, 4) is 6.07 Å². The van der Waals surface area contributed by atoms with Crippen LogP contribution in [0.3, 0.4) is 0 Å². The van der Waals surface area contributed by atoms with Crippen LogP contribution in [0.5, 0.6) is 0 Å². The molecule has 128 valence electrons. The third-order valence-electron chi connectivity index (χ3n) is 5.25. The molecule has 1 amide bonds. The Morgan fingerprint density at radius 1 is 1.08 bits per heavy atom. The predicted octanol–water partition coefficient (Wildman–Crippen LogP) is 1.53. The standard InChI is InChI=1S/C21H16N2O3/c22-11-14-6-8-15(9-7-14)12-23-13-17(24)10-18(23)20(25)19(21(23)26)16-4-2-1-3-5-16/h1-9,18H,10,12-13H2/t18-,23-/m1/s1. The van der Waals surface area contributed by atoms with E-state index in [-0.39, 0.29) is 47.0 Å². The summed E-state index contributed by atoms with van der Waals surface area (Å²) in [4.78, 5) is 25.4. The zero-order valence-corrected chi connectivity index (χ0v) is 14.0. The van der Waals surface area contributed by atoms with Crippen molar-refractivity contribution in [2.24, 2.45) is 0 Å². The molecule has 5 heteroatoms. The van der Waals surface area contributed by atoms with Crippen LogP contribution in [0.4, 0.5) is 0 Å². The largest absolute Gasteiger partial charge is 0.871 e. The van der Waals surface area contributed by atoms with Gasteiger partial charge in [0.15, 0.2) is 5.78 Å². The molecule has 0 aliphatic carbocycles. The van der Waals surface area contributed by atoms with Crippen molar-refractivity contribution in [2.45, 2.75) is 19.0 Å². The van der Waals surface area contributed by atoms with Gasteiger partial charge in [-0.25, -0.2) is 9.28 Å². The number of hydrogen-bond acceptors (Lipinski definition) is 4. The van der Waals surface area contributed by atoms with Gasteiger partial charge in [0.1, 0.15) is 19.1 Å². The van der Waals surface area contributed by atoms with Crippen molar-refractivity contribution >= 4 is 17.3 Å². The highest BCUT2D eigenvalue weighted by molar-refractivity contribution is 6.19. The van der Waals surface area contributed by atoms with Crippen LogP contribution < -0.4 is 5.11 Å². The molecule has 2 aromatic carbocycles. The Kier molecular flexibility index (Phi) is 3.71. The Balaban J connectivity index is 1.76. The number of Topliss-reactive ketones (excluding diaryl/α,β-unsaturated/α-hetero) is 1. The van der Waals surface area contributed by atoms with Crippen molar-refractivity contribution in [3.05, 3.63) is 77.0 Å². The lowest BCUT2D eigenvalue weighted by molar-refractivity contribution is -0.869. The maximum Gasteiger partial charge on any atom is 0.346 e. The number of nitrogens with zero attached hydrogens (tertiary/aromatic N) is 2. The summed E-state index contributed by atoms with van der Waals surface area (Å²) >= 11 is 0. The van der Waals surface area contributed by atoms with Gasteiger partial charge in [0, 0.05) is 5.56 Å². The molecule has 26 heavy (non-hydrogen) atoms. The second-order valence-electron chi connectivity index (χ2n) is 6.83. The minimum absolute atomic E-state index is 0.0472. The molecule has 1 saturated heterocycles. The summed E-state index contributed by atoms with van der Waals surface area (Å²) in [6.45, 7) is 0.328. The fourth-order valence-corrected chi connectivity index (χ4v) is 4.02. The van der Waals surface area contributed by atoms with Crippen LogP contribution >= 0.6 is 0 Å². The molecule has 0 radical (unpaired) electrons. The Morgan fingerprint density at radius 2 is 1.77 bits per heavy atom. The van der Waals surface area contributed by atoms with Crippen molar-refractivity contribution in [1.82, 2.24) is 0 Å². The second kappa shape index (κ2) is 5.94. The molecule has 0 bridgehead atoms. The third kappa shape index (κ3) is 2.35. The van der Waals surface area contributed by atoms with E-state index in [0.29, 0.717) is 11.1 Å². The molecule has 2 aliphatic rings. The summed E-state index contributed by atoms with van der Waals surface area (Å²) in [6.07, 6.45) is 0.108. The van der Waals surface area contributed by atoms with Gasteiger partial charge in [-0.1, -0.05) is 48.2 Å². The molecule has 2 heterocycles. The Bertz CT molecular complexity index is 971. The van der Waals surface area contributed by atoms with E-state index in [1.807, 2.05) is 6.07 Å². The number of rotatable bonds is 3. The second-order valence-corrected chi connectivity index (χ2v) is 6.83. The number of nitriles is 1. The zero-order chi connectivity index (χ0) is 18.3. The number of benzene rings is 2. The molecule has 0 N–H and O–H groups in total. The molecular weight excluding hydrogens is 328 g/mol. The Labute approximate surface area is 151 Å². The average Bonchev–Trinajstić information content (AvgIpc) is 3.08. The number of carbonyl (C=O) groups is 2. The van der Waals surface area contributed by atoms with E-state index in [4.69, 9.17) is 5.26 Å². The van der Waals surface area contributed by atoms with Crippen LogP contribution in [-0.2, 0) is 16.1 Å². The topological polar surface area (TPSA) is 81.0 Å². The lowest BCUT2D eigenvalue weighted by Gasteiger charge is -2.33. The number of amides is 1. The number of hydrogen-bond donors (Lipinski definition) is 0. The molecular formula is C21H16N2O3. The van der Waals surface area contributed by atoms with Crippen LogP contribution in [-0.4, -0.2) is 28.8 Å². The molecule has 0 unspecified atom stereocenters. The lowest BCUT2D eigenvalue weighted by atomic mass is 10.0. The molecule has 2 aromatic rings. The maximum absolute atomic E-state index is 13.3. The first kappa shape index (κ1) is 16.2. The van der Waals surface area contributed by atoms with Crippen LogP contribution in [0, 0.1) is 11.3 Å². The quantitative estimate of drug-likeness (QED) is 0.791. The minimum atomic E-state index is -0.638. The van der Waals surface area contributed by atoms with Crippen LogP contribution in [0.15, 0.2) is 60.4 Å². The predicted molar refractivity (Wildman–Crippen MR) is 91.8 cm³/mol. The van der Waals surface area contributed by atoms with Gasteiger partial charge in [0.2, 0.25) is 0 Å². The summed E-state index contributed by atoms with van der Waals surface area (Å²) in [7, 11) is 0. The summed E-state index contributed by atoms with van der Waals surface area (Å²) in [5.74, 6) is -0.570. The molecule has 2 atom stereocenters. The lowest BCUT2D eigenvalue weighted by Crippen LogP contribution is -2.53. The highest BCUT2D eigenvalue weighted by atomic mass is 16.3. The van der Waals surface area contributed by atoms with E-state index in [9.17, 15) is 14.7 Å². The van der Waals surface area contributed by atoms with Gasteiger partial charge < -0.3 is 5.11 Å². The monoisotopic (exact) mass is 344 g/mol.